The quantitative estimate of drug-likeness (QED) is 0.388. The second-order valence-corrected chi connectivity index (χ2v) is 5.32. The predicted molar refractivity (Wildman–Crippen MR) is 83.9 cm³/mol. The summed E-state index contributed by atoms with van der Waals surface area (Å²) in [5.41, 5.74) is 5.82. The van der Waals surface area contributed by atoms with Crippen molar-refractivity contribution in [2.24, 2.45) is 5.73 Å². The van der Waals surface area contributed by atoms with E-state index in [1.807, 2.05) is 4.90 Å². The number of unbranched alkanes of at least 4 members (excludes halogenated alkanes) is 2. The van der Waals surface area contributed by atoms with Crippen molar-refractivity contribution in [1.82, 2.24) is 4.90 Å². The highest BCUT2D eigenvalue weighted by molar-refractivity contribution is 5.67. The maximum absolute atomic E-state index is 10.8. The van der Waals surface area contributed by atoms with Gasteiger partial charge in [-0.1, -0.05) is 26.2 Å². The third-order valence-corrected chi connectivity index (χ3v) is 3.53. The molecule has 0 saturated heterocycles. The molecule has 0 saturated carbocycles. The number of ether oxygens (including phenoxy) is 1. The minimum absolute atomic E-state index is 0.0219. The Morgan fingerprint density at radius 2 is 1.77 bits per heavy atom. The van der Waals surface area contributed by atoms with Crippen molar-refractivity contribution in [1.29, 1.82) is 0 Å². The van der Waals surface area contributed by atoms with Crippen LogP contribution in [-0.2, 0) is 14.3 Å². The van der Waals surface area contributed by atoms with E-state index in [1.165, 1.54) is 0 Å². The molecule has 0 heterocycles. The summed E-state index contributed by atoms with van der Waals surface area (Å²) in [6, 6.07) is 0.147. The fourth-order valence-electron chi connectivity index (χ4n) is 2.24. The first-order valence-corrected chi connectivity index (χ1v) is 7.96. The predicted octanol–water partition coefficient (Wildman–Crippen LogP) is 1.16. The molecule has 7 heteroatoms. The van der Waals surface area contributed by atoms with E-state index < -0.39 is 11.9 Å². The lowest BCUT2D eigenvalue weighted by atomic mass is 10.1. The largest absolute Gasteiger partial charge is 0.481 e. The van der Waals surface area contributed by atoms with E-state index in [2.05, 4.69) is 6.92 Å². The van der Waals surface area contributed by atoms with Gasteiger partial charge < -0.3 is 20.7 Å². The summed E-state index contributed by atoms with van der Waals surface area (Å²) in [6.45, 7) is 4.18. The topological polar surface area (TPSA) is 113 Å². The fourth-order valence-corrected chi connectivity index (χ4v) is 2.24. The van der Waals surface area contributed by atoms with Gasteiger partial charge in [0.2, 0.25) is 0 Å². The monoisotopic (exact) mass is 318 g/mol. The van der Waals surface area contributed by atoms with Gasteiger partial charge in [-0.25, -0.2) is 0 Å². The normalized spacial score (nSPS) is 12.5. The van der Waals surface area contributed by atoms with Gasteiger partial charge in [-0.3, -0.25) is 14.5 Å². The Kier molecular flexibility index (Phi) is 12.8. The molecule has 4 N–H and O–H groups in total. The number of carboxylic acids is 2. The molecule has 0 aromatic rings. The van der Waals surface area contributed by atoms with Crippen LogP contribution in [0.2, 0.25) is 0 Å². The maximum atomic E-state index is 10.8. The summed E-state index contributed by atoms with van der Waals surface area (Å²) in [5, 5.41) is 17.4. The number of aliphatic carboxylic acids is 2. The zero-order valence-corrected chi connectivity index (χ0v) is 13.5. The number of rotatable bonds is 15. The lowest BCUT2D eigenvalue weighted by Gasteiger charge is -2.30. The van der Waals surface area contributed by atoms with E-state index in [-0.39, 0.29) is 25.5 Å². The van der Waals surface area contributed by atoms with Gasteiger partial charge in [-0.2, -0.15) is 0 Å². The van der Waals surface area contributed by atoms with Crippen molar-refractivity contribution >= 4 is 11.9 Å². The Balaban J connectivity index is 4.25. The van der Waals surface area contributed by atoms with Crippen molar-refractivity contribution in [3.8, 4) is 0 Å². The van der Waals surface area contributed by atoms with E-state index in [0.717, 1.165) is 25.7 Å². The molecule has 0 aliphatic rings. The van der Waals surface area contributed by atoms with Gasteiger partial charge in [0.1, 0.15) is 0 Å². The molecular weight excluding hydrogens is 288 g/mol. The highest BCUT2D eigenvalue weighted by atomic mass is 16.5. The molecule has 0 fully saturated rings. The standard InChI is InChI=1S/C15H30N2O5/c1-2-3-4-5-13(12-16)17(8-6-14(18)19)9-11-22-10-7-15(20)21/h13H,2-12,16H2,1H3,(H,18,19)(H,20,21). The van der Waals surface area contributed by atoms with E-state index in [1.54, 1.807) is 0 Å². The van der Waals surface area contributed by atoms with Gasteiger partial charge >= 0.3 is 11.9 Å². The average molecular weight is 318 g/mol. The maximum Gasteiger partial charge on any atom is 0.305 e. The molecule has 0 rings (SSSR count). The fraction of sp³-hybridized carbons (Fsp3) is 0.867. The van der Waals surface area contributed by atoms with Crippen LogP contribution in [0.5, 0.6) is 0 Å². The molecule has 1 atom stereocenters. The number of hydrogen-bond acceptors (Lipinski definition) is 5. The molecule has 130 valence electrons. The van der Waals surface area contributed by atoms with Gasteiger partial charge in [0.15, 0.2) is 0 Å². The Morgan fingerprint density at radius 1 is 1.09 bits per heavy atom. The lowest BCUT2D eigenvalue weighted by molar-refractivity contribution is -0.139. The second kappa shape index (κ2) is 13.5. The van der Waals surface area contributed by atoms with Crippen molar-refractivity contribution in [2.75, 3.05) is 32.8 Å². The Morgan fingerprint density at radius 3 is 2.32 bits per heavy atom. The molecule has 0 aromatic heterocycles. The lowest BCUT2D eigenvalue weighted by Crippen LogP contribution is -2.43. The van der Waals surface area contributed by atoms with Crippen LogP contribution in [0.15, 0.2) is 0 Å². The first kappa shape index (κ1) is 20.8. The Bertz CT molecular complexity index is 312. The van der Waals surface area contributed by atoms with Crippen molar-refractivity contribution in [3.63, 3.8) is 0 Å². The van der Waals surface area contributed by atoms with Crippen molar-refractivity contribution in [2.45, 2.75) is 51.5 Å². The smallest absolute Gasteiger partial charge is 0.305 e. The first-order chi connectivity index (χ1) is 10.5. The second-order valence-electron chi connectivity index (χ2n) is 5.32. The summed E-state index contributed by atoms with van der Waals surface area (Å²) < 4.78 is 5.29. The average Bonchev–Trinajstić information content (AvgIpc) is 2.46. The SMILES string of the molecule is CCCCCC(CN)N(CCOCCC(=O)O)CCC(=O)O. The molecule has 0 aliphatic carbocycles. The molecule has 0 aliphatic heterocycles. The highest BCUT2D eigenvalue weighted by Gasteiger charge is 2.17. The van der Waals surface area contributed by atoms with Crippen LogP contribution in [0.3, 0.4) is 0 Å². The molecule has 0 amide bonds. The third kappa shape index (κ3) is 11.5. The van der Waals surface area contributed by atoms with Crippen LogP contribution in [-0.4, -0.2) is 65.9 Å². The zero-order chi connectivity index (χ0) is 16.8. The summed E-state index contributed by atoms with van der Waals surface area (Å²) in [4.78, 5) is 23.2. The van der Waals surface area contributed by atoms with Crippen molar-refractivity contribution < 1.29 is 24.5 Å². The minimum Gasteiger partial charge on any atom is -0.481 e. The van der Waals surface area contributed by atoms with Gasteiger partial charge in [-0.05, 0) is 6.42 Å². The first-order valence-electron chi connectivity index (χ1n) is 7.96. The number of nitrogens with two attached hydrogens (primary N) is 1. The van der Waals surface area contributed by atoms with Crippen LogP contribution in [0.1, 0.15) is 45.4 Å². The van der Waals surface area contributed by atoms with E-state index in [4.69, 9.17) is 20.7 Å². The molecule has 0 aromatic carbocycles. The van der Waals surface area contributed by atoms with E-state index in [9.17, 15) is 9.59 Å². The molecule has 0 radical (unpaired) electrons. The molecule has 1 unspecified atom stereocenters. The molecule has 22 heavy (non-hydrogen) atoms. The van der Waals surface area contributed by atoms with Gasteiger partial charge in [0.05, 0.1) is 26.1 Å². The Labute approximate surface area is 132 Å². The van der Waals surface area contributed by atoms with Crippen LogP contribution in [0, 0.1) is 0 Å². The number of nitrogens with zero attached hydrogens (tertiary/aromatic N) is 1. The Hall–Kier alpha value is -1.18. The summed E-state index contributed by atoms with van der Waals surface area (Å²) in [5.74, 6) is -1.72. The summed E-state index contributed by atoms with van der Waals surface area (Å²) in [6.07, 6.45) is 4.33. The van der Waals surface area contributed by atoms with Crippen LogP contribution in [0.4, 0.5) is 0 Å². The molecular formula is C15H30N2O5. The van der Waals surface area contributed by atoms with Crippen molar-refractivity contribution in [3.05, 3.63) is 0 Å². The third-order valence-electron chi connectivity index (χ3n) is 3.53. The minimum atomic E-state index is -0.887. The van der Waals surface area contributed by atoms with Crippen LogP contribution in [0.25, 0.3) is 0 Å². The van der Waals surface area contributed by atoms with Crippen LogP contribution < -0.4 is 5.73 Å². The number of carbonyl (C=O) groups is 2. The summed E-state index contributed by atoms with van der Waals surface area (Å²) >= 11 is 0. The number of carboxylic acid groups (broad SMARTS) is 2. The van der Waals surface area contributed by atoms with Crippen LogP contribution >= 0.6 is 0 Å². The molecule has 0 bridgehead atoms. The zero-order valence-electron chi connectivity index (χ0n) is 13.5. The van der Waals surface area contributed by atoms with Gasteiger partial charge in [-0.15, -0.1) is 0 Å². The van der Waals surface area contributed by atoms with E-state index in [0.29, 0.717) is 26.2 Å². The summed E-state index contributed by atoms with van der Waals surface area (Å²) in [7, 11) is 0. The number of hydrogen-bond donors (Lipinski definition) is 3. The van der Waals surface area contributed by atoms with E-state index >= 15 is 0 Å². The molecule has 0 spiro atoms. The van der Waals surface area contributed by atoms with Gasteiger partial charge in [0, 0.05) is 25.7 Å². The molecule has 7 nitrogen and oxygen atoms in total. The highest BCUT2D eigenvalue weighted by Crippen LogP contribution is 2.10. The van der Waals surface area contributed by atoms with Gasteiger partial charge in [0.25, 0.3) is 0 Å².